The minimum Gasteiger partial charge on any atom is -0.493 e. The number of hydrogen-bond donors (Lipinski definition) is 0. The van der Waals surface area contributed by atoms with Gasteiger partial charge in [-0.2, -0.15) is 5.10 Å². The highest BCUT2D eigenvalue weighted by Crippen LogP contribution is 2.21. The molecular weight excluding hydrogens is 314 g/mol. The summed E-state index contributed by atoms with van der Waals surface area (Å²) in [6, 6.07) is 7.90. The zero-order valence-electron chi connectivity index (χ0n) is 16.0. The second kappa shape index (κ2) is 8.70. The molecular formula is C20H29N3O2. The average Bonchev–Trinajstić information content (AvgIpc) is 2.94. The van der Waals surface area contributed by atoms with Crippen LogP contribution in [0.2, 0.25) is 0 Å². The first-order valence-corrected chi connectivity index (χ1v) is 8.92. The number of benzene rings is 1. The molecule has 1 aromatic heterocycles. The molecule has 25 heavy (non-hydrogen) atoms. The molecule has 0 aliphatic carbocycles. The fraction of sp³-hybridized carbons (Fsp3) is 0.500. The molecule has 0 bridgehead atoms. The van der Waals surface area contributed by atoms with E-state index in [1.54, 1.807) is 4.90 Å². The smallest absolute Gasteiger partial charge is 0.257 e. The van der Waals surface area contributed by atoms with Crippen LogP contribution in [0.1, 0.15) is 48.8 Å². The third-order valence-electron chi connectivity index (χ3n) is 3.93. The number of rotatable bonds is 8. The summed E-state index contributed by atoms with van der Waals surface area (Å²) in [4.78, 5) is 14.5. The molecule has 0 fully saturated rings. The van der Waals surface area contributed by atoms with Gasteiger partial charge in [0.2, 0.25) is 0 Å². The highest BCUT2D eigenvalue weighted by Gasteiger charge is 2.18. The summed E-state index contributed by atoms with van der Waals surface area (Å²) in [5, 5.41) is 4.42. The van der Waals surface area contributed by atoms with Gasteiger partial charge in [0.05, 0.1) is 17.9 Å². The molecule has 1 amide bonds. The Kier molecular flexibility index (Phi) is 6.62. The summed E-state index contributed by atoms with van der Waals surface area (Å²) in [6.45, 7) is 10.2. The second-order valence-electron chi connectivity index (χ2n) is 6.87. The molecule has 0 radical (unpaired) electrons. The maximum Gasteiger partial charge on any atom is 0.257 e. The summed E-state index contributed by atoms with van der Waals surface area (Å²) in [5.74, 6) is 1.28. The van der Waals surface area contributed by atoms with Crippen LogP contribution in [0.3, 0.4) is 0 Å². The van der Waals surface area contributed by atoms with E-state index in [2.05, 4.69) is 25.9 Å². The minimum atomic E-state index is -0.0153. The van der Waals surface area contributed by atoms with Crippen molar-refractivity contribution in [3.63, 3.8) is 0 Å². The molecule has 0 saturated carbocycles. The van der Waals surface area contributed by atoms with Gasteiger partial charge in [-0.05, 0) is 25.3 Å². The Bertz CT molecular complexity index is 707. The standard InChI is InChI=1S/C20H29N3O2/c1-6-11-23-13-18(16(4)21-23)20(24)22(5)12-17-9-7-8-10-19(17)25-14-15(2)3/h7-10,13,15H,6,11-12,14H2,1-5H3. The fourth-order valence-corrected chi connectivity index (χ4v) is 2.64. The van der Waals surface area contributed by atoms with Gasteiger partial charge in [0.1, 0.15) is 5.75 Å². The molecule has 0 atom stereocenters. The number of carbonyl (C=O) groups is 1. The molecule has 2 aromatic rings. The van der Waals surface area contributed by atoms with Crippen molar-refractivity contribution in [1.29, 1.82) is 0 Å². The Balaban J connectivity index is 2.11. The monoisotopic (exact) mass is 343 g/mol. The normalized spacial score (nSPS) is 11.0. The Morgan fingerprint density at radius 1 is 1.32 bits per heavy atom. The van der Waals surface area contributed by atoms with Crippen LogP contribution in [0, 0.1) is 12.8 Å². The van der Waals surface area contributed by atoms with Crippen molar-refractivity contribution >= 4 is 5.91 Å². The van der Waals surface area contributed by atoms with Gasteiger partial charge in [0.25, 0.3) is 5.91 Å². The van der Waals surface area contributed by atoms with Crippen molar-refractivity contribution in [3.05, 3.63) is 47.3 Å². The molecule has 0 aliphatic rings. The summed E-state index contributed by atoms with van der Waals surface area (Å²) < 4.78 is 7.73. The number of amides is 1. The van der Waals surface area contributed by atoms with Gasteiger partial charge >= 0.3 is 0 Å². The number of nitrogens with zero attached hydrogens (tertiary/aromatic N) is 3. The number of para-hydroxylation sites is 1. The SMILES string of the molecule is CCCn1cc(C(=O)N(C)Cc2ccccc2OCC(C)C)c(C)n1. The first-order chi connectivity index (χ1) is 11.9. The first kappa shape index (κ1) is 19.0. The quantitative estimate of drug-likeness (QED) is 0.730. The summed E-state index contributed by atoms with van der Waals surface area (Å²) >= 11 is 0. The van der Waals surface area contributed by atoms with Gasteiger partial charge in [0.15, 0.2) is 0 Å². The highest BCUT2D eigenvalue weighted by atomic mass is 16.5. The summed E-state index contributed by atoms with van der Waals surface area (Å²) in [5.41, 5.74) is 2.45. The van der Waals surface area contributed by atoms with Crippen molar-refractivity contribution in [1.82, 2.24) is 14.7 Å². The van der Waals surface area contributed by atoms with Gasteiger partial charge in [0, 0.05) is 31.9 Å². The van der Waals surface area contributed by atoms with Crippen LogP contribution in [0.4, 0.5) is 0 Å². The molecule has 0 spiro atoms. The van der Waals surface area contributed by atoms with Crippen molar-refractivity contribution in [2.24, 2.45) is 5.92 Å². The fourth-order valence-electron chi connectivity index (χ4n) is 2.64. The lowest BCUT2D eigenvalue weighted by Crippen LogP contribution is -2.26. The Labute approximate surface area is 150 Å². The van der Waals surface area contributed by atoms with E-state index in [4.69, 9.17) is 4.74 Å². The van der Waals surface area contributed by atoms with E-state index < -0.39 is 0 Å². The zero-order chi connectivity index (χ0) is 18.4. The molecule has 1 heterocycles. The van der Waals surface area contributed by atoms with E-state index in [1.807, 2.05) is 49.1 Å². The molecule has 0 unspecified atom stereocenters. The van der Waals surface area contributed by atoms with E-state index in [0.29, 0.717) is 24.6 Å². The maximum absolute atomic E-state index is 12.8. The summed E-state index contributed by atoms with van der Waals surface area (Å²) in [7, 11) is 1.82. The molecule has 0 aliphatic heterocycles. The molecule has 0 N–H and O–H groups in total. The molecule has 5 nitrogen and oxygen atoms in total. The maximum atomic E-state index is 12.8. The van der Waals surface area contributed by atoms with Crippen LogP contribution in [-0.4, -0.2) is 34.2 Å². The number of hydrogen-bond acceptors (Lipinski definition) is 3. The van der Waals surface area contributed by atoms with E-state index >= 15 is 0 Å². The van der Waals surface area contributed by atoms with Gasteiger partial charge in [-0.3, -0.25) is 9.48 Å². The lowest BCUT2D eigenvalue weighted by molar-refractivity contribution is 0.0783. The number of aromatic nitrogens is 2. The first-order valence-electron chi connectivity index (χ1n) is 8.92. The van der Waals surface area contributed by atoms with Crippen LogP contribution >= 0.6 is 0 Å². The molecule has 2 rings (SSSR count). The van der Waals surface area contributed by atoms with E-state index in [0.717, 1.165) is 30.0 Å². The largest absolute Gasteiger partial charge is 0.493 e. The lowest BCUT2D eigenvalue weighted by atomic mass is 10.1. The highest BCUT2D eigenvalue weighted by molar-refractivity contribution is 5.94. The van der Waals surface area contributed by atoms with Crippen molar-refractivity contribution < 1.29 is 9.53 Å². The number of aryl methyl sites for hydroxylation is 2. The van der Waals surface area contributed by atoms with Crippen LogP contribution in [0.15, 0.2) is 30.5 Å². The third-order valence-corrected chi connectivity index (χ3v) is 3.93. The average molecular weight is 343 g/mol. The third kappa shape index (κ3) is 5.08. The molecule has 5 heteroatoms. The van der Waals surface area contributed by atoms with Crippen molar-refractivity contribution in [3.8, 4) is 5.75 Å². The van der Waals surface area contributed by atoms with Gasteiger partial charge in [-0.1, -0.05) is 39.0 Å². The van der Waals surface area contributed by atoms with E-state index in [1.165, 1.54) is 0 Å². The Morgan fingerprint density at radius 2 is 2.04 bits per heavy atom. The topological polar surface area (TPSA) is 47.4 Å². The lowest BCUT2D eigenvalue weighted by Gasteiger charge is -2.19. The summed E-state index contributed by atoms with van der Waals surface area (Å²) in [6.07, 6.45) is 2.84. The van der Waals surface area contributed by atoms with Gasteiger partial charge < -0.3 is 9.64 Å². The Morgan fingerprint density at radius 3 is 2.72 bits per heavy atom. The van der Waals surface area contributed by atoms with Crippen molar-refractivity contribution in [2.45, 2.75) is 47.2 Å². The predicted octanol–water partition coefficient (Wildman–Crippen LogP) is 3.91. The van der Waals surface area contributed by atoms with Gasteiger partial charge in [-0.25, -0.2) is 0 Å². The van der Waals surface area contributed by atoms with E-state index in [-0.39, 0.29) is 5.91 Å². The molecule has 136 valence electrons. The zero-order valence-corrected chi connectivity index (χ0v) is 16.0. The van der Waals surface area contributed by atoms with Crippen LogP contribution < -0.4 is 4.74 Å². The van der Waals surface area contributed by atoms with Crippen LogP contribution in [-0.2, 0) is 13.1 Å². The number of ether oxygens (including phenoxy) is 1. The van der Waals surface area contributed by atoms with Crippen LogP contribution in [0.5, 0.6) is 5.75 Å². The number of carbonyl (C=O) groups excluding carboxylic acids is 1. The van der Waals surface area contributed by atoms with Crippen molar-refractivity contribution in [2.75, 3.05) is 13.7 Å². The van der Waals surface area contributed by atoms with E-state index in [9.17, 15) is 4.79 Å². The second-order valence-corrected chi connectivity index (χ2v) is 6.87. The minimum absolute atomic E-state index is 0.0153. The van der Waals surface area contributed by atoms with Crippen LogP contribution in [0.25, 0.3) is 0 Å². The Hall–Kier alpha value is -2.30. The molecule has 0 saturated heterocycles. The molecule has 1 aromatic carbocycles. The predicted molar refractivity (Wildman–Crippen MR) is 99.8 cm³/mol. The van der Waals surface area contributed by atoms with Gasteiger partial charge in [-0.15, -0.1) is 0 Å².